The van der Waals surface area contributed by atoms with Crippen LogP contribution in [0.4, 0.5) is 8.78 Å². The summed E-state index contributed by atoms with van der Waals surface area (Å²) in [6.45, 7) is -3.08. The first-order chi connectivity index (χ1) is 14.2. The molecule has 0 unspecified atom stereocenters. The van der Waals surface area contributed by atoms with Crippen LogP contribution in [-0.2, 0) is 14.8 Å². The Morgan fingerprint density at radius 2 is 1.83 bits per heavy atom. The molecule has 0 amide bonds. The highest BCUT2D eigenvalue weighted by Gasteiger charge is 2.20. The van der Waals surface area contributed by atoms with Gasteiger partial charge >= 0.3 is 12.6 Å². The zero-order chi connectivity index (χ0) is 21.7. The molecule has 1 saturated carbocycles. The van der Waals surface area contributed by atoms with Gasteiger partial charge in [-0.3, -0.25) is 4.79 Å². The van der Waals surface area contributed by atoms with Gasteiger partial charge in [0.2, 0.25) is 10.0 Å². The zero-order valence-electron chi connectivity index (χ0n) is 16.2. The molecule has 0 bridgehead atoms. The molecule has 0 radical (unpaired) electrons. The summed E-state index contributed by atoms with van der Waals surface area (Å²) in [6, 6.07) is 9.49. The van der Waals surface area contributed by atoms with Crippen LogP contribution in [-0.4, -0.2) is 21.0 Å². The lowest BCUT2D eigenvalue weighted by atomic mass is 9.87. The highest BCUT2D eigenvalue weighted by molar-refractivity contribution is 7.89. The van der Waals surface area contributed by atoms with Gasteiger partial charge in [0.15, 0.2) is 0 Å². The van der Waals surface area contributed by atoms with E-state index in [0.29, 0.717) is 12.3 Å². The Labute approximate surface area is 174 Å². The van der Waals surface area contributed by atoms with Crippen LogP contribution in [0.1, 0.15) is 38.5 Å². The van der Waals surface area contributed by atoms with Gasteiger partial charge in [-0.1, -0.05) is 31.4 Å². The van der Waals surface area contributed by atoms with Gasteiger partial charge in [-0.05, 0) is 54.7 Å². The van der Waals surface area contributed by atoms with E-state index in [1.807, 2.05) is 0 Å². The van der Waals surface area contributed by atoms with Crippen LogP contribution in [0, 0.1) is 5.92 Å². The van der Waals surface area contributed by atoms with Crippen LogP contribution in [0.3, 0.4) is 0 Å². The number of primary sulfonamides is 1. The SMILES string of the molecule is NS(=O)(=O)c1cccc(-c2cc(OC(=O)CC3CCCCC3)ccc2OC(F)F)c1. The second kappa shape index (κ2) is 9.53. The van der Waals surface area contributed by atoms with E-state index in [1.165, 1.54) is 48.9 Å². The van der Waals surface area contributed by atoms with Crippen molar-refractivity contribution < 1.29 is 31.5 Å². The van der Waals surface area contributed by atoms with Crippen LogP contribution in [0.15, 0.2) is 47.4 Å². The molecule has 2 aromatic rings. The van der Waals surface area contributed by atoms with Gasteiger partial charge in [0, 0.05) is 12.0 Å². The van der Waals surface area contributed by atoms with Gasteiger partial charge in [0.25, 0.3) is 0 Å². The summed E-state index contributed by atoms with van der Waals surface area (Å²) in [5.74, 6) is -0.121. The zero-order valence-corrected chi connectivity index (χ0v) is 17.0. The van der Waals surface area contributed by atoms with E-state index >= 15 is 0 Å². The largest absolute Gasteiger partial charge is 0.434 e. The number of nitrogens with two attached hydrogens (primary N) is 1. The van der Waals surface area contributed by atoms with Crippen molar-refractivity contribution in [2.45, 2.75) is 50.0 Å². The molecule has 0 atom stereocenters. The number of carbonyl (C=O) groups is 1. The Morgan fingerprint density at radius 3 is 2.50 bits per heavy atom. The van der Waals surface area contributed by atoms with Crippen LogP contribution < -0.4 is 14.6 Å². The molecule has 1 aliphatic rings. The number of benzene rings is 2. The number of carbonyl (C=O) groups excluding carboxylic acids is 1. The van der Waals surface area contributed by atoms with Gasteiger partial charge in [0.1, 0.15) is 11.5 Å². The van der Waals surface area contributed by atoms with Crippen LogP contribution >= 0.6 is 0 Å². The predicted molar refractivity (Wildman–Crippen MR) is 107 cm³/mol. The van der Waals surface area contributed by atoms with Crippen molar-refractivity contribution in [2.75, 3.05) is 0 Å². The van der Waals surface area contributed by atoms with Gasteiger partial charge in [0.05, 0.1) is 4.90 Å². The second-order valence-corrected chi connectivity index (χ2v) is 8.85. The van der Waals surface area contributed by atoms with Crippen molar-refractivity contribution in [2.24, 2.45) is 11.1 Å². The van der Waals surface area contributed by atoms with E-state index < -0.39 is 22.6 Å². The first-order valence-corrected chi connectivity index (χ1v) is 11.2. The third kappa shape index (κ3) is 5.99. The molecule has 162 valence electrons. The normalized spacial score (nSPS) is 15.2. The number of halogens is 2. The van der Waals surface area contributed by atoms with E-state index in [2.05, 4.69) is 4.74 Å². The summed E-state index contributed by atoms with van der Waals surface area (Å²) in [5, 5.41) is 5.16. The molecule has 0 spiro atoms. The fourth-order valence-electron chi connectivity index (χ4n) is 3.64. The van der Waals surface area contributed by atoms with Crippen molar-refractivity contribution in [3.05, 3.63) is 42.5 Å². The van der Waals surface area contributed by atoms with Crippen molar-refractivity contribution in [3.63, 3.8) is 0 Å². The lowest BCUT2D eigenvalue weighted by molar-refractivity contribution is -0.135. The number of alkyl halides is 2. The lowest BCUT2D eigenvalue weighted by Crippen LogP contribution is -2.16. The Kier molecular flexibility index (Phi) is 7.04. The van der Waals surface area contributed by atoms with Crippen LogP contribution in [0.5, 0.6) is 11.5 Å². The average molecular weight is 439 g/mol. The van der Waals surface area contributed by atoms with Gasteiger partial charge in [-0.25, -0.2) is 13.6 Å². The van der Waals surface area contributed by atoms with Gasteiger partial charge in [-0.2, -0.15) is 8.78 Å². The Balaban J connectivity index is 1.88. The second-order valence-electron chi connectivity index (χ2n) is 7.29. The summed E-state index contributed by atoms with van der Waals surface area (Å²) < 4.78 is 58.9. The third-order valence-corrected chi connectivity index (χ3v) is 5.96. The van der Waals surface area contributed by atoms with Crippen molar-refractivity contribution in [3.8, 4) is 22.6 Å². The first-order valence-electron chi connectivity index (χ1n) is 9.65. The number of sulfonamides is 1. The minimum Gasteiger partial charge on any atom is -0.434 e. The summed E-state index contributed by atoms with van der Waals surface area (Å²) >= 11 is 0. The van der Waals surface area contributed by atoms with Crippen molar-refractivity contribution in [1.82, 2.24) is 0 Å². The number of esters is 1. The summed E-state index contributed by atoms with van der Waals surface area (Å²) in [7, 11) is -3.99. The van der Waals surface area contributed by atoms with Crippen LogP contribution in [0.25, 0.3) is 11.1 Å². The minimum atomic E-state index is -3.99. The lowest BCUT2D eigenvalue weighted by Gasteiger charge is -2.20. The molecule has 2 N–H and O–H groups in total. The third-order valence-electron chi connectivity index (χ3n) is 5.05. The van der Waals surface area contributed by atoms with E-state index in [0.717, 1.165) is 25.7 Å². The molecule has 0 aromatic heterocycles. The standard InChI is InChI=1S/C21H23F2NO5S/c22-21(23)29-19-10-9-16(28-20(25)11-14-5-2-1-3-6-14)13-18(19)15-7-4-8-17(12-15)30(24,26)27/h4,7-10,12-14,21H,1-3,5-6,11H2,(H2,24,26,27). The molecule has 1 aliphatic carbocycles. The molecular weight excluding hydrogens is 416 g/mol. The maximum absolute atomic E-state index is 12.8. The smallest absolute Gasteiger partial charge is 0.387 e. The molecule has 3 rings (SSSR count). The number of hydrogen-bond acceptors (Lipinski definition) is 5. The Hall–Kier alpha value is -2.52. The first kappa shape index (κ1) is 22.2. The maximum Gasteiger partial charge on any atom is 0.387 e. The summed E-state index contributed by atoms with van der Waals surface area (Å²) in [4.78, 5) is 12.1. The van der Waals surface area contributed by atoms with Gasteiger partial charge in [-0.15, -0.1) is 0 Å². The summed E-state index contributed by atoms with van der Waals surface area (Å²) in [6.07, 6.45) is 5.65. The highest BCUT2D eigenvalue weighted by Crippen LogP contribution is 2.36. The number of ether oxygens (including phenoxy) is 2. The molecule has 30 heavy (non-hydrogen) atoms. The quantitative estimate of drug-likeness (QED) is 0.507. The van der Waals surface area contributed by atoms with E-state index in [9.17, 15) is 22.0 Å². The molecule has 0 aliphatic heterocycles. The predicted octanol–water partition coefficient (Wildman–Crippen LogP) is 4.48. The van der Waals surface area contributed by atoms with E-state index in [-0.39, 0.29) is 27.5 Å². The number of hydrogen-bond donors (Lipinski definition) is 1. The number of rotatable bonds is 7. The molecule has 9 heteroatoms. The van der Waals surface area contributed by atoms with E-state index in [4.69, 9.17) is 9.88 Å². The summed E-state index contributed by atoms with van der Waals surface area (Å²) in [5.41, 5.74) is 0.436. The molecule has 1 fully saturated rings. The Morgan fingerprint density at radius 1 is 1.10 bits per heavy atom. The fraction of sp³-hybridized carbons (Fsp3) is 0.381. The monoisotopic (exact) mass is 439 g/mol. The molecule has 0 heterocycles. The van der Waals surface area contributed by atoms with Gasteiger partial charge < -0.3 is 9.47 Å². The molecule has 6 nitrogen and oxygen atoms in total. The molecule has 2 aromatic carbocycles. The maximum atomic E-state index is 12.8. The average Bonchev–Trinajstić information content (AvgIpc) is 2.69. The minimum absolute atomic E-state index is 0.156. The topological polar surface area (TPSA) is 95.7 Å². The Bertz CT molecular complexity index is 1000. The molecular formula is C21H23F2NO5S. The highest BCUT2D eigenvalue weighted by atomic mass is 32.2. The fourth-order valence-corrected chi connectivity index (χ4v) is 4.20. The molecule has 0 saturated heterocycles. The van der Waals surface area contributed by atoms with Crippen molar-refractivity contribution in [1.29, 1.82) is 0 Å². The van der Waals surface area contributed by atoms with Crippen molar-refractivity contribution >= 4 is 16.0 Å². The van der Waals surface area contributed by atoms with Crippen LogP contribution in [0.2, 0.25) is 0 Å². The van der Waals surface area contributed by atoms with E-state index in [1.54, 1.807) is 0 Å².